The molecule has 0 atom stereocenters. The van der Waals surface area contributed by atoms with E-state index in [-0.39, 0.29) is 16.7 Å². The molecular weight excluding hydrogens is 488 g/mol. The lowest BCUT2D eigenvalue weighted by molar-refractivity contribution is -0.120. The summed E-state index contributed by atoms with van der Waals surface area (Å²) in [6.45, 7) is 0.791. The smallest absolute Gasteiger partial charge is 0.232 e. The predicted molar refractivity (Wildman–Crippen MR) is 146 cm³/mol. The zero-order chi connectivity index (χ0) is 26.0. The molecule has 3 aromatic rings. The Labute approximate surface area is 229 Å². The molecule has 0 radical (unpaired) electrons. The van der Waals surface area contributed by atoms with Crippen LogP contribution in [-0.4, -0.2) is 27.6 Å². The van der Waals surface area contributed by atoms with E-state index >= 15 is 0 Å². The van der Waals surface area contributed by atoms with Crippen LogP contribution in [0.3, 0.4) is 0 Å². The largest absolute Gasteiger partial charge is 0.440 e. The number of benzene rings is 1. The third-order valence-electron chi connectivity index (χ3n) is 10.6. The van der Waals surface area contributed by atoms with Crippen molar-refractivity contribution >= 4 is 11.6 Å². The van der Waals surface area contributed by atoms with Gasteiger partial charge in [-0.3, -0.25) is 4.79 Å². The summed E-state index contributed by atoms with van der Waals surface area (Å²) in [4.78, 5) is 25.4. The van der Waals surface area contributed by atoms with Gasteiger partial charge in [0.05, 0.1) is 6.20 Å². The number of amides is 1. The van der Waals surface area contributed by atoms with Crippen molar-refractivity contribution in [2.24, 2.45) is 11.3 Å². The molecular formula is C32H38N4O3. The standard InChI is InChI=1S/C32H38N4O3/c37-27(17-21-3-1-4-21)36(25-6-2-5-24(18-25)26-19-33-29(38-26)23-9-10-23)20-31-11-14-32(15-12-31,16-13-31)30-34-28(35-39-30)22-7-8-22/h2,5-6,18-19,21-23H,1,3-4,7-17,20H2. The highest BCUT2D eigenvalue weighted by molar-refractivity contribution is 5.94. The lowest BCUT2D eigenvalue weighted by atomic mass is 9.53. The van der Waals surface area contributed by atoms with Crippen LogP contribution >= 0.6 is 0 Å². The Bertz CT molecular complexity index is 1350. The van der Waals surface area contributed by atoms with E-state index in [0.717, 1.165) is 79.7 Å². The summed E-state index contributed by atoms with van der Waals surface area (Å²) in [5, 5.41) is 4.33. The van der Waals surface area contributed by atoms with Gasteiger partial charge in [0.15, 0.2) is 17.5 Å². The second kappa shape index (κ2) is 9.03. The van der Waals surface area contributed by atoms with E-state index in [0.29, 0.717) is 24.2 Å². The minimum atomic E-state index is 0.0358. The molecule has 6 aliphatic carbocycles. The lowest BCUT2D eigenvalue weighted by Gasteiger charge is -2.53. The normalized spacial score (nSPS) is 28.4. The van der Waals surface area contributed by atoms with Crippen LogP contribution in [0.15, 0.2) is 39.4 Å². The topological polar surface area (TPSA) is 85.3 Å². The number of carbonyl (C=O) groups excluding carboxylic acids is 1. The van der Waals surface area contributed by atoms with Gasteiger partial charge in [-0.2, -0.15) is 4.98 Å². The monoisotopic (exact) mass is 526 g/mol. The molecule has 7 nitrogen and oxygen atoms in total. The summed E-state index contributed by atoms with van der Waals surface area (Å²) in [5.41, 5.74) is 2.18. The van der Waals surface area contributed by atoms with E-state index in [1.807, 2.05) is 6.20 Å². The molecule has 0 N–H and O–H groups in total. The maximum absolute atomic E-state index is 13.9. The molecule has 6 saturated carbocycles. The van der Waals surface area contributed by atoms with Gasteiger partial charge in [0, 0.05) is 41.5 Å². The molecule has 2 aromatic heterocycles. The van der Waals surface area contributed by atoms with Gasteiger partial charge in [0.25, 0.3) is 0 Å². The Morgan fingerprint density at radius 3 is 2.44 bits per heavy atom. The van der Waals surface area contributed by atoms with Gasteiger partial charge in [0.1, 0.15) is 0 Å². The van der Waals surface area contributed by atoms with Crippen molar-refractivity contribution in [1.82, 2.24) is 15.1 Å². The molecule has 0 spiro atoms. The quantitative estimate of drug-likeness (QED) is 0.291. The number of rotatable bonds is 9. The summed E-state index contributed by atoms with van der Waals surface area (Å²) in [6, 6.07) is 8.37. The number of oxazole rings is 1. The average Bonchev–Trinajstić information content (AvgIpc) is 3.89. The third-order valence-corrected chi connectivity index (χ3v) is 10.6. The van der Waals surface area contributed by atoms with Crippen molar-refractivity contribution in [2.75, 3.05) is 11.4 Å². The van der Waals surface area contributed by atoms with Crippen LogP contribution in [0.5, 0.6) is 0 Å². The number of hydrogen-bond acceptors (Lipinski definition) is 6. The van der Waals surface area contributed by atoms with Gasteiger partial charge in [-0.1, -0.05) is 23.7 Å². The molecule has 9 rings (SSSR count). The predicted octanol–water partition coefficient (Wildman–Crippen LogP) is 7.29. The average molecular weight is 527 g/mol. The van der Waals surface area contributed by atoms with Gasteiger partial charge in [-0.15, -0.1) is 0 Å². The summed E-state index contributed by atoms with van der Waals surface area (Å²) in [7, 11) is 0. The highest BCUT2D eigenvalue weighted by Gasteiger charge is 2.53. The molecule has 204 valence electrons. The van der Waals surface area contributed by atoms with Crippen LogP contribution < -0.4 is 4.90 Å². The molecule has 1 aromatic carbocycles. The van der Waals surface area contributed by atoms with Gasteiger partial charge < -0.3 is 13.8 Å². The van der Waals surface area contributed by atoms with E-state index in [1.54, 1.807) is 0 Å². The highest BCUT2D eigenvalue weighted by Crippen LogP contribution is 2.58. The molecule has 6 aliphatic rings. The van der Waals surface area contributed by atoms with E-state index in [1.165, 1.54) is 44.9 Å². The Morgan fingerprint density at radius 2 is 1.74 bits per heavy atom. The van der Waals surface area contributed by atoms with E-state index in [4.69, 9.17) is 13.9 Å². The fraction of sp³-hybridized carbons (Fsp3) is 0.625. The van der Waals surface area contributed by atoms with Gasteiger partial charge >= 0.3 is 0 Å². The van der Waals surface area contributed by atoms with Crippen molar-refractivity contribution in [3.8, 4) is 11.3 Å². The lowest BCUT2D eigenvalue weighted by Crippen LogP contribution is -2.51. The van der Waals surface area contributed by atoms with Crippen LogP contribution in [0.2, 0.25) is 0 Å². The molecule has 0 saturated heterocycles. The molecule has 0 unspecified atom stereocenters. The second-order valence-electron chi connectivity index (χ2n) is 13.4. The molecule has 6 fully saturated rings. The zero-order valence-corrected chi connectivity index (χ0v) is 22.7. The number of nitrogens with zero attached hydrogens (tertiary/aromatic N) is 4. The Hall–Kier alpha value is -2.96. The fourth-order valence-corrected chi connectivity index (χ4v) is 7.26. The first-order valence-corrected chi connectivity index (χ1v) is 15.3. The molecule has 2 bridgehead atoms. The maximum Gasteiger partial charge on any atom is 0.232 e. The summed E-state index contributed by atoms with van der Waals surface area (Å²) >= 11 is 0. The number of fused-ring (bicyclic) bond motifs is 3. The van der Waals surface area contributed by atoms with Crippen LogP contribution in [0.25, 0.3) is 11.3 Å². The van der Waals surface area contributed by atoms with Crippen LogP contribution in [0, 0.1) is 11.3 Å². The minimum Gasteiger partial charge on any atom is -0.440 e. The second-order valence-corrected chi connectivity index (χ2v) is 13.4. The highest BCUT2D eigenvalue weighted by atomic mass is 16.5. The minimum absolute atomic E-state index is 0.0358. The Balaban J connectivity index is 1.04. The number of anilines is 1. The fourth-order valence-electron chi connectivity index (χ4n) is 7.26. The first-order valence-electron chi connectivity index (χ1n) is 15.3. The Kier molecular flexibility index (Phi) is 5.53. The number of aromatic nitrogens is 3. The Morgan fingerprint density at radius 1 is 0.974 bits per heavy atom. The first-order chi connectivity index (χ1) is 19.1. The van der Waals surface area contributed by atoms with Gasteiger partial charge in [0.2, 0.25) is 11.8 Å². The molecule has 39 heavy (non-hydrogen) atoms. The van der Waals surface area contributed by atoms with E-state index < -0.39 is 0 Å². The third kappa shape index (κ3) is 4.42. The summed E-state index contributed by atoms with van der Waals surface area (Å²) < 4.78 is 12.0. The van der Waals surface area contributed by atoms with E-state index in [2.05, 4.69) is 39.3 Å². The van der Waals surface area contributed by atoms with Crippen molar-refractivity contribution in [1.29, 1.82) is 0 Å². The van der Waals surface area contributed by atoms with Gasteiger partial charge in [-0.05, 0) is 101 Å². The SMILES string of the molecule is O=C(CC1CCC1)N(CC12CCC(c3nc(C4CC4)no3)(CC1)CC2)c1cccc(-c2cnc(C3CC3)o2)c1. The molecule has 1 amide bonds. The maximum atomic E-state index is 13.9. The van der Waals surface area contributed by atoms with Crippen LogP contribution in [0.4, 0.5) is 5.69 Å². The number of hydrogen-bond donors (Lipinski definition) is 0. The van der Waals surface area contributed by atoms with Crippen molar-refractivity contribution in [3.05, 3.63) is 48.1 Å². The van der Waals surface area contributed by atoms with Crippen molar-refractivity contribution in [3.63, 3.8) is 0 Å². The number of carbonyl (C=O) groups is 1. The van der Waals surface area contributed by atoms with Crippen LogP contribution in [0.1, 0.15) is 119 Å². The van der Waals surface area contributed by atoms with Gasteiger partial charge in [-0.25, -0.2) is 4.98 Å². The molecule has 2 heterocycles. The molecule has 7 heteroatoms. The zero-order valence-electron chi connectivity index (χ0n) is 22.7. The van der Waals surface area contributed by atoms with Crippen molar-refractivity contribution in [2.45, 2.75) is 107 Å². The van der Waals surface area contributed by atoms with Crippen molar-refractivity contribution < 1.29 is 13.7 Å². The first kappa shape index (κ1) is 23.9. The summed E-state index contributed by atoms with van der Waals surface area (Å²) in [6.07, 6.45) is 17.4. The summed E-state index contributed by atoms with van der Waals surface area (Å²) in [5.74, 6) is 5.27. The van der Waals surface area contributed by atoms with E-state index in [9.17, 15) is 4.79 Å². The van der Waals surface area contributed by atoms with Crippen LogP contribution in [-0.2, 0) is 10.2 Å². The molecule has 0 aliphatic heterocycles.